The molecule has 0 aromatic heterocycles. The molecule has 4 rings (SSSR count). The van der Waals surface area contributed by atoms with Crippen molar-refractivity contribution in [3.05, 3.63) is 59.4 Å². The number of benzene rings is 2. The third kappa shape index (κ3) is 4.02. The second kappa shape index (κ2) is 8.30. The van der Waals surface area contributed by atoms with Gasteiger partial charge in [0.1, 0.15) is 17.4 Å². The van der Waals surface area contributed by atoms with Gasteiger partial charge in [-0.05, 0) is 56.7 Å². The van der Waals surface area contributed by atoms with Gasteiger partial charge in [0.15, 0.2) is 0 Å². The number of aliphatic imine (C=N–C) groups is 2. The maximum Gasteiger partial charge on any atom is 0.143 e. The maximum atomic E-state index is 13.5. The Morgan fingerprint density at radius 1 is 1.26 bits per heavy atom. The van der Waals surface area contributed by atoms with E-state index in [9.17, 15) is 9.50 Å². The lowest BCUT2D eigenvalue weighted by molar-refractivity contribution is 0.117. The smallest absolute Gasteiger partial charge is 0.143 e. The molecule has 1 N–H and O–H groups in total. The fourth-order valence-electron chi connectivity index (χ4n) is 4.28. The van der Waals surface area contributed by atoms with Crippen molar-refractivity contribution in [2.24, 2.45) is 9.98 Å². The summed E-state index contributed by atoms with van der Waals surface area (Å²) in [7, 11) is 1.66. The third-order valence-corrected chi connectivity index (χ3v) is 5.97. The number of β-amino-alcohol motifs (C(OH)–C–C–N with tert-alkyl or cyclic N) is 1. The van der Waals surface area contributed by atoms with Gasteiger partial charge in [0.2, 0.25) is 0 Å². The Morgan fingerprint density at radius 2 is 2.00 bits per heavy atom. The highest BCUT2D eigenvalue weighted by Gasteiger charge is 2.41. The number of aliphatic hydroxyl groups is 1. The first kappa shape index (κ1) is 21.3. The summed E-state index contributed by atoms with van der Waals surface area (Å²) in [6.45, 7) is 7.65. The minimum atomic E-state index is -0.549. The summed E-state index contributed by atoms with van der Waals surface area (Å²) in [5.41, 5.74) is 2.35. The number of anilines is 1. The van der Waals surface area contributed by atoms with Gasteiger partial charge < -0.3 is 19.6 Å². The molecule has 2 aromatic carbocycles. The van der Waals surface area contributed by atoms with Gasteiger partial charge in [-0.25, -0.2) is 4.39 Å². The third-order valence-electron chi connectivity index (χ3n) is 5.97. The number of hydrogen-bond donors (Lipinski definition) is 1. The highest BCUT2D eigenvalue weighted by Crippen LogP contribution is 2.37. The zero-order chi connectivity index (χ0) is 22.2. The van der Waals surface area contributed by atoms with Crippen molar-refractivity contribution in [3.8, 4) is 5.75 Å². The molecule has 0 fully saturated rings. The highest BCUT2D eigenvalue weighted by atomic mass is 19.1. The Morgan fingerprint density at radius 3 is 2.61 bits per heavy atom. The normalized spacial score (nSPS) is 23.9. The number of methoxy groups -OCH3 is 1. The summed E-state index contributed by atoms with van der Waals surface area (Å²) in [6, 6.07) is 12.8. The number of aliphatic hydroxyl groups excluding tert-OH is 1. The Hall–Kier alpha value is -2.93. The molecule has 0 saturated heterocycles. The minimum absolute atomic E-state index is 0.251. The van der Waals surface area contributed by atoms with E-state index in [1.165, 1.54) is 12.1 Å². The molecule has 7 heteroatoms. The van der Waals surface area contributed by atoms with Crippen molar-refractivity contribution >= 4 is 17.9 Å². The minimum Gasteiger partial charge on any atom is -0.495 e. The first-order valence-electron chi connectivity index (χ1n) is 10.6. The van der Waals surface area contributed by atoms with Crippen LogP contribution in [0.25, 0.3) is 0 Å². The monoisotopic (exact) mass is 424 g/mol. The van der Waals surface area contributed by atoms with Gasteiger partial charge in [-0.15, -0.1) is 0 Å². The summed E-state index contributed by atoms with van der Waals surface area (Å²) in [5, 5.41) is 10.2. The largest absolute Gasteiger partial charge is 0.495 e. The van der Waals surface area contributed by atoms with Crippen LogP contribution in [0.5, 0.6) is 5.75 Å². The van der Waals surface area contributed by atoms with Crippen molar-refractivity contribution < 1.29 is 14.2 Å². The van der Waals surface area contributed by atoms with Crippen molar-refractivity contribution in [3.63, 3.8) is 0 Å². The Kier molecular flexibility index (Phi) is 5.71. The fourth-order valence-corrected chi connectivity index (χ4v) is 4.28. The van der Waals surface area contributed by atoms with Crippen LogP contribution in [0.1, 0.15) is 31.9 Å². The molecular weight excluding hydrogens is 395 g/mol. The summed E-state index contributed by atoms with van der Waals surface area (Å²) in [6.07, 6.45) is 1.30. The van der Waals surface area contributed by atoms with Gasteiger partial charge in [-0.2, -0.15) is 0 Å². The second-order valence-corrected chi connectivity index (χ2v) is 8.53. The molecule has 3 atom stereocenters. The van der Waals surface area contributed by atoms with E-state index >= 15 is 0 Å². The van der Waals surface area contributed by atoms with Gasteiger partial charge in [-0.1, -0.05) is 12.1 Å². The second-order valence-electron chi connectivity index (χ2n) is 8.53. The van der Waals surface area contributed by atoms with E-state index in [4.69, 9.17) is 9.73 Å². The van der Waals surface area contributed by atoms with Crippen LogP contribution in [-0.4, -0.2) is 61.1 Å². The number of hydrogen-bond acceptors (Lipinski definition) is 6. The van der Waals surface area contributed by atoms with E-state index in [0.29, 0.717) is 13.1 Å². The average molecular weight is 425 g/mol. The van der Waals surface area contributed by atoms with E-state index < -0.39 is 11.6 Å². The molecule has 0 spiro atoms. The maximum absolute atomic E-state index is 13.5. The van der Waals surface area contributed by atoms with E-state index in [1.807, 2.05) is 24.5 Å². The average Bonchev–Trinajstić information content (AvgIpc) is 3.32. The van der Waals surface area contributed by atoms with Crippen LogP contribution in [0.2, 0.25) is 0 Å². The fraction of sp³-hybridized carbons (Fsp3) is 0.417. The van der Waals surface area contributed by atoms with E-state index in [1.54, 1.807) is 26.2 Å². The predicted octanol–water partition coefficient (Wildman–Crippen LogP) is 3.43. The molecule has 0 amide bonds. The quantitative estimate of drug-likeness (QED) is 0.772. The van der Waals surface area contributed by atoms with Crippen molar-refractivity contribution in [2.45, 2.75) is 38.5 Å². The molecule has 2 aliphatic heterocycles. The Balaban J connectivity index is 1.69. The van der Waals surface area contributed by atoms with Crippen molar-refractivity contribution in [1.29, 1.82) is 0 Å². The van der Waals surface area contributed by atoms with Gasteiger partial charge >= 0.3 is 0 Å². The lowest BCUT2D eigenvalue weighted by Crippen LogP contribution is -2.48. The van der Waals surface area contributed by atoms with Crippen molar-refractivity contribution in [1.82, 2.24) is 4.90 Å². The lowest BCUT2D eigenvalue weighted by atomic mass is 9.90. The number of amidine groups is 1. The molecule has 31 heavy (non-hydrogen) atoms. The van der Waals surface area contributed by atoms with Crippen LogP contribution in [-0.2, 0) is 5.54 Å². The molecule has 3 unspecified atom stereocenters. The predicted molar refractivity (Wildman–Crippen MR) is 122 cm³/mol. The van der Waals surface area contributed by atoms with Gasteiger partial charge in [0, 0.05) is 18.7 Å². The molecule has 0 bridgehead atoms. The van der Waals surface area contributed by atoms with E-state index in [0.717, 1.165) is 34.9 Å². The molecule has 2 heterocycles. The number of ether oxygens (including phenoxy) is 1. The van der Waals surface area contributed by atoms with Crippen LogP contribution in [0.3, 0.4) is 0 Å². The molecule has 0 saturated carbocycles. The number of nitrogens with zero attached hydrogens (tertiary/aromatic N) is 4. The van der Waals surface area contributed by atoms with E-state index in [2.05, 4.69) is 28.6 Å². The van der Waals surface area contributed by atoms with Gasteiger partial charge in [0.25, 0.3) is 0 Å². The first-order valence-corrected chi connectivity index (χ1v) is 10.6. The Labute approximate surface area is 182 Å². The van der Waals surface area contributed by atoms with Crippen LogP contribution in [0, 0.1) is 5.82 Å². The molecule has 0 radical (unpaired) electrons. The van der Waals surface area contributed by atoms with Crippen LogP contribution < -0.4 is 9.64 Å². The molecule has 2 aliphatic rings. The Bertz CT molecular complexity index is 1010. The molecule has 0 aliphatic carbocycles. The van der Waals surface area contributed by atoms with Crippen LogP contribution in [0.15, 0.2) is 52.4 Å². The zero-order valence-corrected chi connectivity index (χ0v) is 18.4. The summed E-state index contributed by atoms with van der Waals surface area (Å²) in [5.74, 6) is 1.27. The molecule has 6 nitrogen and oxygen atoms in total. The van der Waals surface area contributed by atoms with Crippen LogP contribution in [0.4, 0.5) is 10.1 Å². The molecule has 164 valence electrons. The summed E-state index contributed by atoms with van der Waals surface area (Å²) < 4.78 is 19.2. The highest BCUT2D eigenvalue weighted by molar-refractivity contribution is 6.02. The van der Waals surface area contributed by atoms with E-state index in [-0.39, 0.29) is 11.9 Å². The zero-order valence-electron chi connectivity index (χ0n) is 18.4. The van der Waals surface area contributed by atoms with Gasteiger partial charge in [0.05, 0.1) is 43.4 Å². The molecular formula is C24H29FN4O2. The van der Waals surface area contributed by atoms with Crippen molar-refractivity contribution in [2.75, 3.05) is 31.6 Å². The summed E-state index contributed by atoms with van der Waals surface area (Å²) >= 11 is 0. The number of rotatable bonds is 6. The SMILES string of the molecule is COc1cc(C2=NCC(C)(c3ccc(F)cc3)N2CC(C)O)ccc1N1C=NC(C)C1. The topological polar surface area (TPSA) is 60.7 Å². The van der Waals surface area contributed by atoms with Gasteiger partial charge in [-0.3, -0.25) is 9.98 Å². The first-order chi connectivity index (χ1) is 14.8. The summed E-state index contributed by atoms with van der Waals surface area (Å²) in [4.78, 5) is 13.5. The van der Waals surface area contributed by atoms with Crippen LogP contribution >= 0.6 is 0 Å². The lowest BCUT2D eigenvalue weighted by Gasteiger charge is -2.38. The molecule has 2 aromatic rings. The standard InChI is InChI=1S/C24H29FN4O2/c1-16-12-28(15-27-16)21-10-5-18(11-22(21)31-4)23-26-14-24(3,29(23)13-17(2)30)19-6-8-20(25)9-7-19/h5-11,15-17,30H,12-14H2,1-4H3. The number of halogens is 1.